The molecular formula is C19H20ClN5O2S. The second kappa shape index (κ2) is 7.60. The molecule has 1 saturated carbocycles. The van der Waals surface area contributed by atoms with Gasteiger partial charge in [-0.2, -0.15) is 5.10 Å². The number of fused-ring (bicyclic) bond motifs is 1. The number of nitrogens with zero attached hydrogens (tertiary/aromatic N) is 4. The molecule has 0 atom stereocenters. The van der Waals surface area contributed by atoms with Crippen LogP contribution in [-0.2, 0) is 18.4 Å². The van der Waals surface area contributed by atoms with E-state index < -0.39 is 0 Å². The van der Waals surface area contributed by atoms with Crippen molar-refractivity contribution in [3.63, 3.8) is 0 Å². The van der Waals surface area contributed by atoms with Crippen molar-refractivity contribution in [1.82, 2.24) is 19.3 Å². The van der Waals surface area contributed by atoms with Crippen LogP contribution in [0.5, 0.6) is 0 Å². The second-order valence-electron chi connectivity index (χ2n) is 7.09. The number of anilines is 1. The molecule has 146 valence electrons. The van der Waals surface area contributed by atoms with Gasteiger partial charge in [0.25, 0.3) is 5.56 Å². The van der Waals surface area contributed by atoms with Crippen LogP contribution < -0.4 is 10.9 Å². The lowest BCUT2D eigenvalue weighted by molar-refractivity contribution is -0.113. The van der Waals surface area contributed by atoms with Gasteiger partial charge in [0.15, 0.2) is 10.7 Å². The fraction of sp³-hybridized carbons (Fsp3) is 0.368. The molecule has 2 heterocycles. The summed E-state index contributed by atoms with van der Waals surface area (Å²) >= 11 is 7.37. The maximum absolute atomic E-state index is 12.8. The highest BCUT2D eigenvalue weighted by Crippen LogP contribution is 2.31. The molecule has 3 aromatic rings. The third-order valence-electron chi connectivity index (χ3n) is 4.63. The van der Waals surface area contributed by atoms with E-state index in [2.05, 4.69) is 15.4 Å². The lowest BCUT2D eigenvalue weighted by Gasteiger charge is -2.11. The zero-order valence-corrected chi connectivity index (χ0v) is 17.2. The van der Waals surface area contributed by atoms with Crippen molar-refractivity contribution >= 4 is 46.0 Å². The summed E-state index contributed by atoms with van der Waals surface area (Å²) in [6.45, 7) is 2.53. The number of rotatable bonds is 6. The first kappa shape index (κ1) is 19.0. The summed E-state index contributed by atoms with van der Waals surface area (Å²) in [6, 6.07) is 5.39. The van der Waals surface area contributed by atoms with E-state index in [0.29, 0.717) is 39.4 Å². The number of carbonyl (C=O) groups excluding carboxylic acids is 1. The van der Waals surface area contributed by atoms with E-state index in [1.54, 1.807) is 28.6 Å². The van der Waals surface area contributed by atoms with Crippen LogP contribution >= 0.6 is 23.4 Å². The highest BCUT2D eigenvalue weighted by atomic mass is 35.5. The quantitative estimate of drug-likeness (QED) is 0.492. The molecule has 0 aliphatic heterocycles. The van der Waals surface area contributed by atoms with E-state index in [4.69, 9.17) is 11.6 Å². The zero-order valence-electron chi connectivity index (χ0n) is 15.6. The Hall–Kier alpha value is -2.32. The van der Waals surface area contributed by atoms with Crippen molar-refractivity contribution in [2.24, 2.45) is 13.0 Å². The van der Waals surface area contributed by atoms with Gasteiger partial charge in [0.05, 0.1) is 11.9 Å². The first-order valence-electron chi connectivity index (χ1n) is 9.03. The Morgan fingerprint density at radius 1 is 1.39 bits per heavy atom. The smallest absolute Gasteiger partial charge is 0.282 e. The molecular weight excluding hydrogens is 398 g/mol. The van der Waals surface area contributed by atoms with Gasteiger partial charge in [-0.05, 0) is 43.4 Å². The highest BCUT2D eigenvalue weighted by molar-refractivity contribution is 7.99. The summed E-state index contributed by atoms with van der Waals surface area (Å²) in [5, 5.41) is 8.22. The van der Waals surface area contributed by atoms with Crippen molar-refractivity contribution in [1.29, 1.82) is 0 Å². The first-order valence-corrected chi connectivity index (χ1v) is 10.4. The summed E-state index contributed by atoms with van der Waals surface area (Å²) in [6.07, 6.45) is 3.95. The number of hydrogen-bond donors (Lipinski definition) is 1. The summed E-state index contributed by atoms with van der Waals surface area (Å²) in [7, 11) is 1.76. The molecule has 1 aliphatic rings. The molecule has 0 spiro atoms. The maximum Gasteiger partial charge on any atom is 0.282 e. The van der Waals surface area contributed by atoms with Gasteiger partial charge in [-0.1, -0.05) is 29.4 Å². The fourth-order valence-corrected chi connectivity index (χ4v) is 3.90. The van der Waals surface area contributed by atoms with Crippen molar-refractivity contribution in [2.75, 3.05) is 11.1 Å². The zero-order chi connectivity index (χ0) is 19.8. The van der Waals surface area contributed by atoms with Gasteiger partial charge in [-0.25, -0.2) is 4.98 Å². The lowest BCUT2D eigenvalue weighted by Crippen LogP contribution is -2.25. The number of hydrogen-bond acceptors (Lipinski definition) is 5. The number of benzene rings is 1. The molecule has 9 heteroatoms. The number of carbonyl (C=O) groups is 1. The first-order chi connectivity index (χ1) is 13.4. The molecule has 1 amide bonds. The predicted octanol–water partition coefficient (Wildman–Crippen LogP) is 3.23. The number of aromatic nitrogens is 4. The molecule has 2 aromatic heterocycles. The van der Waals surface area contributed by atoms with Gasteiger partial charge in [0, 0.05) is 24.3 Å². The average molecular weight is 418 g/mol. The van der Waals surface area contributed by atoms with Gasteiger partial charge >= 0.3 is 0 Å². The molecule has 28 heavy (non-hydrogen) atoms. The molecule has 1 fully saturated rings. The molecule has 4 rings (SSSR count). The Kier molecular flexibility index (Phi) is 5.16. The van der Waals surface area contributed by atoms with Gasteiger partial charge in [-0.3, -0.25) is 18.8 Å². The molecule has 0 bridgehead atoms. The molecule has 0 saturated heterocycles. The van der Waals surface area contributed by atoms with Gasteiger partial charge in [-0.15, -0.1) is 0 Å². The monoisotopic (exact) mass is 417 g/mol. The van der Waals surface area contributed by atoms with Crippen LogP contribution in [0, 0.1) is 12.8 Å². The van der Waals surface area contributed by atoms with E-state index in [1.807, 2.05) is 19.1 Å². The summed E-state index contributed by atoms with van der Waals surface area (Å²) in [5.41, 5.74) is 2.36. The van der Waals surface area contributed by atoms with E-state index in [0.717, 1.165) is 18.4 Å². The highest BCUT2D eigenvalue weighted by Gasteiger charge is 2.25. The SMILES string of the molecule is Cc1ccc(NC(=O)CSc2nc3cn(C)nc3c(=O)n2CC2CC2)cc1Cl. The Morgan fingerprint density at radius 2 is 2.18 bits per heavy atom. The third-order valence-corrected chi connectivity index (χ3v) is 6.01. The molecule has 0 radical (unpaired) electrons. The minimum atomic E-state index is -0.177. The van der Waals surface area contributed by atoms with Gasteiger partial charge in [0.1, 0.15) is 5.52 Å². The van der Waals surface area contributed by atoms with Crippen LogP contribution in [-0.4, -0.2) is 31.0 Å². The molecule has 1 aromatic carbocycles. The Labute approximate surface area is 171 Å². The number of nitrogens with one attached hydrogen (secondary N) is 1. The molecule has 1 aliphatic carbocycles. The van der Waals surface area contributed by atoms with E-state index in [1.165, 1.54) is 11.8 Å². The largest absolute Gasteiger partial charge is 0.325 e. The van der Waals surface area contributed by atoms with E-state index >= 15 is 0 Å². The van der Waals surface area contributed by atoms with E-state index in [9.17, 15) is 9.59 Å². The van der Waals surface area contributed by atoms with Crippen molar-refractivity contribution < 1.29 is 4.79 Å². The number of aryl methyl sites for hydroxylation is 2. The Balaban J connectivity index is 1.53. The fourth-order valence-electron chi connectivity index (χ4n) is 2.92. The van der Waals surface area contributed by atoms with Crippen molar-refractivity contribution in [2.45, 2.75) is 31.5 Å². The number of thioether (sulfide) groups is 1. The molecule has 0 unspecified atom stereocenters. The second-order valence-corrected chi connectivity index (χ2v) is 8.44. The van der Waals surface area contributed by atoms with Crippen LogP contribution in [0.4, 0.5) is 5.69 Å². The minimum absolute atomic E-state index is 0.147. The topological polar surface area (TPSA) is 81.8 Å². The van der Waals surface area contributed by atoms with Crippen LogP contribution in [0.1, 0.15) is 18.4 Å². The van der Waals surface area contributed by atoms with E-state index in [-0.39, 0.29) is 17.2 Å². The van der Waals surface area contributed by atoms with Crippen molar-refractivity contribution in [3.8, 4) is 0 Å². The molecule has 7 nitrogen and oxygen atoms in total. The van der Waals surface area contributed by atoms with Crippen LogP contribution in [0.2, 0.25) is 5.02 Å². The van der Waals surface area contributed by atoms with Crippen LogP contribution in [0.15, 0.2) is 34.3 Å². The Bertz CT molecular complexity index is 1120. The Morgan fingerprint density at radius 3 is 2.89 bits per heavy atom. The number of amides is 1. The lowest BCUT2D eigenvalue weighted by atomic mass is 10.2. The minimum Gasteiger partial charge on any atom is -0.325 e. The summed E-state index contributed by atoms with van der Waals surface area (Å²) < 4.78 is 3.25. The summed E-state index contributed by atoms with van der Waals surface area (Å²) in [4.78, 5) is 29.8. The third kappa shape index (κ3) is 4.07. The normalized spacial score (nSPS) is 13.8. The average Bonchev–Trinajstić information content (AvgIpc) is 3.39. The van der Waals surface area contributed by atoms with Crippen LogP contribution in [0.25, 0.3) is 11.0 Å². The van der Waals surface area contributed by atoms with Crippen molar-refractivity contribution in [3.05, 3.63) is 45.3 Å². The maximum atomic E-state index is 12.8. The molecule has 1 N–H and O–H groups in total. The van der Waals surface area contributed by atoms with Crippen LogP contribution in [0.3, 0.4) is 0 Å². The number of halogens is 1. The summed E-state index contributed by atoms with van der Waals surface area (Å²) in [5.74, 6) is 0.473. The predicted molar refractivity (Wildman–Crippen MR) is 111 cm³/mol. The van der Waals surface area contributed by atoms with Gasteiger partial charge < -0.3 is 5.32 Å². The standard InChI is InChI=1S/C19H20ClN5O2S/c1-11-3-6-13(7-14(11)20)21-16(26)10-28-19-22-15-9-24(2)23-17(15)18(27)25(19)8-12-4-5-12/h3,6-7,9,12H,4-5,8,10H2,1-2H3,(H,21,26). The van der Waals surface area contributed by atoms with Gasteiger partial charge in [0.2, 0.25) is 5.91 Å².